The van der Waals surface area contributed by atoms with Crippen molar-refractivity contribution in [3.05, 3.63) is 59.2 Å². The number of nitrogen functional groups attached to an aromatic ring is 1. The highest BCUT2D eigenvalue weighted by Gasteiger charge is 2.18. The number of nitrogens with two attached hydrogens (primary N) is 1. The molecule has 0 aromatic heterocycles. The molecule has 3 N–H and O–H groups in total. The summed E-state index contributed by atoms with van der Waals surface area (Å²) in [6, 6.07) is 13.5. The lowest BCUT2D eigenvalue weighted by molar-refractivity contribution is 0.581. The van der Waals surface area contributed by atoms with Crippen LogP contribution in [-0.2, 0) is 16.6 Å². The standard InChI is InChI=1S/C15H15N3O2S/c1-11-3-2-4-12(7-11)10-18-21(19,20)15-6-5-14(17)8-13(15)9-16/h2-8,18H,10,17H2,1H3. The highest BCUT2D eigenvalue weighted by atomic mass is 32.2. The Labute approximate surface area is 124 Å². The number of hydrogen-bond acceptors (Lipinski definition) is 4. The van der Waals surface area contributed by atoms with Gasteiger partial charge in [-0.1, -0.05) is 29.8 Å². The Bertz CT molecular complexity index is 808. The van der Waals surface area contributed by atoms with E-state index in [2.05, 4.69) is 4.72 Å². The van der Waals surface area contributed by atoms with Gasteiger partial charge >= 0.3 is 0 Å². The van der Waals surface area contributed by atoms with E-state index in [0.717, 1.165) is 11.1 Å². The number of nitrogens with zero attached hydrogens (tertiary/aromatic N) is 1. The smallest absolute Gasteiger partial charge is 0.242 e. The molecule has 0 bridgehead atoms. The van der Waals surface area contributed by atoms with Crippen LogP contribution in [-0.4, -0.2) is 8.42 Å². The second kappa shape index (κ2) is 5.95. The van der Waals surface area contributed by atoms with Gasteiger partial charge in [0.2, 0.25) is 10.0 Å². The maximum atomic E-state index is 12.3. The summed E-state index contributed by atoms with van der Waals surface area (Å²) in [6.07, 6.45) is 0. The highest BCUT2D eigenvalue weighted by molar-refractivity contribution is 7.89. The van der Waals surface area contributed by atoms with Gasteiger partial charge in [-0.25, -0.2) is 13.1 Å². The molecule has 0 fully saturated rings. The van der Waals surface area contributed by atoms with E-state index < -0.39 is 10.0 Å². The Balaban J connectivity index is 2.25. The number of rotatable bonds is 4. The zero-order valence-corrected chi connectivity index (χ0v) is 12.3. The van der Waals surface area contributed by atoms with E-state index in [4.69, 9.17) is 11.0 Å². The summed E-state index contributed by atoms with van der Waals surface area (Å²) in [4.78, 5) is -0.0631. The molecule has 108 valence electrons. The summed E-state index contributed by atoms with van der Waals surface area (Å²) in [5.74, 6) is 0. The average molecular weight is 301 g/mol. The molecule has 0 heterocycles. The Hall–Kier alpha value is -2.36. The Kier molecular flexibility index (Phi) is 4.26. The SMILES string of the molecule is Cc1cccc(CNS(=O)(=O)c2ccc(N)cc2C#N)c1. The van der Waals surface area contributed by atoms with Gasteiger partial charge in [-0.05, 0) is 30.7 Å². The van der Waals surface area contributed by atoms with Gasteiger partial charge < -0.3 is 5.73 Å². The van der Waals surface area contributed by atoms with Crippen LogP contribution in [0.3, 0.4) is 0 Å². The second-order valence-electron chi connectivity index (χ2n) is 4.68. The first-order valence-electron chi connectivity index (χ1n) is 6.27. The van der Waals surface area contributed by atoms with Gasteiger partial charge in [0.05, 0.1) is 10.5 Å². The molecule has 0 saturated heterocycles. The number of sulfonamides is 1. The third-order valence-electron chi connectivity index (χ3n) is 2.96. The molecule has 0 aliphatic carbocycles. The van der Waals surface area contributed by atoms with Crippen LogP contribution in [0.5, 0.6) is 0 Å². The molecule has 2 aromatic carbocycles. The second-order valence-corrected chi connectivity index (χ2v) is 6.42. The molecule has 0 radical (unpaired) electrons. The number of anilines is 1. The minimum atomic E-state index is -3.76. The highest BCUT2D eigenvalue weighted by Crippen LogP contribution is 2.18. The molecular weight excluding hydrogens is 286 g/mol. The molecule has 0 spiro atoms. The van der Waals surface area contributed by atoms with Crippen molar-refractivity contribution in [1.82, 2.24) is 4.72 Å². The van der Waals surface area contributed by atoms with E-state index >= 15 is 0 Å². The number of benzene rings is 2. The van der Waals surface area contributed by atoms with Gasteiger partial charge in [0.15, 0.2) is 0 Å². The van der Waals surface area contributed by atoms with E-state index in [0.29, 0.717) is 5.69 Å². The predicted molar refractivity (Wildman–Crippen MR) is 80.8 cm³/mol. The molecule has 5 nitrogen and oxygen atoms in total. The normalized spacial score (nSPS) is 11.0. The van der Waals surface area contributed by atoms with Crippen LogP contribution in [0.15, 0.2) is 47.4 Å². The predicted octanol–water partition coefficient (Wildman–Crippen LogP) is 1.93. The van der Waals surface area contributed by atoms with Crippen LogP contribution < -0.4 is 10.5 Å². The van der Waals surface area contributed by atoms with Crippen LogP contribution in [0.4, 0.5) is 5.69 Å². The van der Waals surface area contributed by atoms with Gasteiger partial charge in [0.25, 0.3) is 0 Å². The fourth-order valence-electron chi connectivity index (χ4n) is 1.95. The van der Waals surface area contributed by atoms with Crippen molar-refractivity contribution >= 4 is 15.7 Å². The van der Waals surface area contributed by atoms with Crippen molar-refractivity contribution in [2.24, 2.45) is 0 Å². The summed E-state index contributed by atoms with van der Waals surface area (Å²) < 4.78 is 27.1. The van der Waals surface area contributed by atoms with Gasteiger partial charge in [-0.15, -0.1) is 0 Å². The lowest BCUT2D eigenvalue weighted by Gasteiger charge is -2.09. The van der Waals surface area contributed by atoms with Crippen LogP contribution in [0, 0.1) is 18.3 Å². The lowest BCUT2D eigenvalue weighted by Crippen LogP contribution is -2.24. The zero-order chi connectivity index (χ0) is 15.5. The largest absolute Gasteiger partial charge is 0.399 e. The van der Waals surface area contributed by atoms with Gasteiger partial charge in [-0.3, -0.25) is 0 Å². The first-order valence-corrected chi connectivity index (χ1v) is 7.75. The topological polar surface area (TPSA) is 96.0 Å². The van der Waals surface area contributed by atoms with E-state index in [-0.39, 0.29) is 17.0 Å². The maximum Gasteiger partial charge on any atom is 0.242 e. The monoisotopic (exact) mass is 301 g/mol. The third-order valence-corrected chi connectivity index (χ3v) is 4.42. The average Bonchev–Trinajstić information content (AvgIpc) is 2.45. The molecule has 6 heteroatoms. The minimum absolute atomic E-state index is 0.0340. The molecule has 2 aromatic rings. The van der Waals surface area contributed by atoms with E-state index in [1.165, 1.54) is 18.2 Å². The molecule has 0 aliphatic heterocycles. The van der Waals surface area contributed by atoms with Crippen molar-refractivity contribution in [2.75, 3.05) is 5.73 Å². The van der Waals surface area contributed by atoms with E-state index in [1.807, 2.05) is 37.3 Å². The Morgan fingerprint density at radius 3 is 2.67 bits per heavy atom. The van der Waals surface area contributed by atoms with E-state index in [1.54, 1.807) is 0 Å². The van der Waals surface area contributed by atoms with Crippen molar-refractivity contribution < 1.29 is 8.42 Å². The van der Waals surface area contributed by atoms with Crippen molar-refractivity contribution in [3.63, 3.8) is 0 Å². The molecule has 0 aliphatic rings. The van der Waals surface area contributed by atoms with Crippen LogP contribution in [0.1, 0.15) is 16.7 Å². The molecular formula is C15H15N3O2S. The summed E-state index contributed by atoms with van der Waals surface area (Å²) in [7, 11) is -3.76. The molecule has 21 heavy (non-hydrogen) atoms. The molecule has 0 unspecified atom stereocenters. The Morgan fingerprint density at radius 1 is 1.24 bits per heavy atom. The Morgan fingerprint density at radius 2 is 2.00 bits per heavy atom. The summed E-state index contributed by atoms with van der Waals surface area (Å²) in [5, 5.41) is 9.03. The first-order chi connectivity index (χ1) is 9.92. The number of nitrogens with one attached hydrogen (secondary N) is 1. The number of hydrogen-bond donors (Lipinski definition) is 2. The van der Waals surface area contributed by atoms with Crippen molar-refractivity contribution in [1.29, 1.82) is 5.26 Å². The van der Waals surface area contributed by atoms with E-state index in [9.17, 15) is 8.42 Å². The van der Waals surface area contributed by atoms with Gasteiger partial charge in [-0.2, -0.15) is 5.26 Å². The van der Waals surface area contributed by atoms with Crippen LogP contribution in [0.25, 0.3) is 0 Å². The van der Waals surface area contributed by atoms with Crippen LogP contribution in [0.2, 0.25) is 0 Å². The molecule has 2 rings (SSSR count). The third kappa shape index (κ3) is 3.60. The fraction of sp³-hybridized carbons (Fsp3) is 0.133. The minimum Gasteiger partial charge on any atom is -0.399 e. The first kappa shape index (κ1) is 15.0. The molecule has 0 atom stereocenters. The lowest BCUT2D eigenvalue weighted by atomic mass is 10.1. The number of aryl methyl sites for hydroxylation is 1. The van der Waals surface area contributed by atoms with Gasteiger partial charge in [0.1, 0.15) is 6.07 Å². The quantitative estimate of drug-likeness (QED) is 0.843. The van der Waals surface area contributed by atoms with Crippen LogP contribution >= 0.6 is 0 Å². The van der Waals surface area contributed by atoms with Gasteiger partial charge in [0, 0.05) is 12.2 Å². The zero-order valence-electron chi connectivity index (χ0n) is 11.5. The maximum absolute atomic E-state index is 12.3. The molecule has 0 amide bonds. The fourth-order valence-corrected chi connectivity index (χ4v) is 3.10. The summed E-state index contributed by atoms with van der Waals surface area (Å²) in [5.41, 5.74) is 7.85. The summed E-state index contributed by atoms with van der Waals surface area (Å²) in [6.45, 7) is 2.10. The van der Waals surface area contributed by atoms with Crippen molar-refractivity contribution in [3.8, 4) is 6.07 Å². The van der Waals surface area contributed by atoms with Crippen molar-refractivity contribution in [2.45, 2.75) is 18.4 Å². The summed E-state index contributed by atoms with van der Waals surface area (Å²) >= 11 is 0. The molecule has 0 saturated carbocycles. The number of nitriles is 1.